The minimum atomic E-state index is -0.973. The van der Waals surface area contributed by atoms with Crippen LogP contribution >= 0.6 is 0 Å². The molecule has 0 fully saturated rings. The number of hydrogen-bond acceptors (Lipinski definition) is 3. The topological polar surface area (TPSA) is 63.6 Å². The number of ketones is 1. The molecule has 0 spiro atoms. The van der Waals surface area contributed by atoms with E-state index in [1.807, 2.05) is 42.5 Å². The summed E-state index contributed by atoms with van der Waals surface area (Å²) >= 11 is 0. The minimum absolute atomic E-state index is 0.188. The molecule has 0 aliphatic heterocycles. The number of carboxylic acid groups (broad SMARTS) is 1. The fourth-order valence-electron chi connectivity index (χ4n) is 2.81. The number of carbonyl (C=O) groups excluding carboxylic acids is 1. The number of aliphatic carboxylic acids is 1. The normalized spacial score (nSPS) is 11.0. The van der Waals surface area contributed by atoms with Gasteiger partial charge >= 0.3 is 5.97 Å². The Kier molecular flexibility index (Phi) is 5.13. The molecule has 4 heteroatoms. The van der Waals surface area contributed by atoms with E-state index < -0.39 is 5.97 Å². The zero-order chi connectivity index (χ0) is 18.5. The summed E-state index contributed by atoms with van der Waals surface area (Å²) in [6, 6.07) is 18.8. The number of methoxy groups -OCH3 is 1. The second kappa shape index (κ2) is 7.66. The summed E-state index contributed by atoms with van der Waals surface area (Å²) in [6.45, 7) is 0. The molecule has 0 aliphatic carbocycles. The van der Waals surface area contributed by atoms with E-state index in [9.17, 15) is 9.59 Å². The molecule has 3 aromatic carbocycles. The highest BCUT2D eigenvalue weighted by Crippen LogP contribution is 2.22. The van der Waals surface area contributed by atoms with Crippen molar-refractivity contribution in [2.45, 2.75) is 6.42 Å². The Morgan fingerprint density at radius 2 is 1.77 bits per heavy atom. The van der Waals surface area contributed by atoms with Gasteiger partial charge in [-0.05, 0) is 46.7 Å². The maximum absolute atomic E-state index is 12.4. The molecular weight excluding hydrogens is 328 g/mol. The Bertz CT molecular complexity index is 1000. The number of allylic oxidation sites excluding steroid dienone is 1. The van der Waals surface area contributed by atoms with Gasteiger partial charge < -0.3 is 9.84 Å². The number of ether oxygens (including phenoxy) is 1. The van der Waals surface area contributed by atoms with Gasteiger partial charge in [0.1, 0.15) is 5.75 Å². The van der Waals surface area contributed by atoms with Crippen LogP contribution in [0.4, 0.5) is 0 Å². The van der Waals surface area contributed by atoms with E-state index >= 15 is 0 Å². The highest BCUT2D eigenvalue weighted by atomic mass is 16.5. The van der Waals surface area contributed by atoms with E-state index in [0.717, 1.165) is 16.3 Å². The first kappa shape index (κ1) is 17.4. The lowest BCUT2D eigenvalue weighted by molar-refractivity contribution is -0.136. The Balaban J connectivity index is 1.84. The van der Waals surface area contributed by atoms with Gasteiger partial charge in [0, 0.05) is 11.1 Å². The lowest BCUT2D eigenvalue weighted by Crippen LogP contribution is -2.04. The summed E-state index contributed by atoms with van der Waals surface area (Å²) in [5.74, 6) is -0.700. The zero-order valence-corrected chi connectivity index (χ0v) is 14.3. The fraction of sp³-hybridized carbons (Fsp3) is 0.0909. The molecule has 130 valence electrons. The molecule has 0 amide bonds. The summed E-state index contributed by atoms with van der Waals surface area (Å²) in [5, 5.41) is 11.3. The highest BCUT2D eigenvalue weighted by molar-refractivity contribution is 6.07. The largest absolute Gasteiger partial charge is 0.496 e. The molecule has 0 unspecified atom stereocenters. The predicted molar refractivity (Wildman–Crippen MR) is 102 cm³/mol. The summed E-state index contributed by atoms with van der Waals surface area (Å²) < 4.78 is 5.16. The molecule has 0 saturated heterocycles. The molecule has 0 atom stereocenters. The Hall–Kier alpha value is -3.40. The summed E-state index contributed by atoms with van der Waals surface area (Å²) in [4.78, 5) is 23.4. The molecular formula is C22H18O4. The first-order valence-corrected chi connectivity index (χ1v) is 8.17. The first-order valence-electron chi connectivity index (χ1n) is 8.17. The van der Waals surface area contributed by atoms with Gasteiger partial charge in [-0.2, -0.15) is 0 Å². The average molecular weight is 346 g/mol. The predicted octanol–water partition coefficient (Wildman–Crippen LogP) is 4.37. The van der Waals surface area contributed by atoms with E-state index in [4.69, 9.17) is 9.84 Å². The third-order valence-corrected chi connectivity index (χ3v) is 4.11. The van der Waals surface area contributed by atoms with Crippen molar-refractivity contribution in [3.8, 4) is 5.75 Å². The third-order valence-electron chi connectivity index (χ3n) is 4.11. The molecule has 3 rings (SSSR count). The SMILES string of the molecule is COc1ccc(C(=O)/C=C/c2ccc3ccccc3c2)cc1CC(=O)O. The van der Waals surface area contributed by atoms with Gasteiger partial charge in [0.15, 0.2) is 5.78 Å². The van der Waals surface area contributed by atoms with Crippen LogP contribution in [0.25, 0.3) is 16.8 Å². The zero-order valence-electron chi connectivity index (χ0n) is 14.3. The van der Waals surface area contributed by atoms with E-state index in [2.05, 4.69) is 0 Å². The lowest BCUT2D eigenvalue weighted by Gasteiger charge is -2.08. The number of carboxylic acids is 1. The van der Waals surface area contributed by atoms with E-state index in [0.29, 0.717) is 16.9 Å². The Morgan fingerprint density at radius 1 is 1.00 bits per heavy atom. The Morgan fingerprint density at radius 3 is 2.50 bits per heavy atom. The van der Waals surface area contributed by atoms with Crippen molar-refractivity contribution in [1.29, 1.82) is 0 Å². The van der Waals surface area contributed by atoms with Crippen LogP contribution < -0.4 is 4.74 Å². The van der Waals surface area contributed by atoms with Crippen LogP contribution in [-0.4, -0.2) is 24.0 Å². The van der Waals surface area contributed by atoms with Crippen LogP contribution in [0.3, 0.4) is 0 Å². The van der Waals surface area contributed by atoms with Crippen molar-refractivity contribution in [3.05, 3.63) is 83.4 Å². The van der Waals surface area contributed by atoms with Gasteiger partial charge in [0.05, 0.1) is 13.5 Å². The van der Waals surface area contributed by atoms with Crippen molar-refractivity contribution in [2.75, 3.05) is 7.11 Å². The maximum atomic E-state index is 12.4. The maximum Gasteiger partial charge on any atom is 0.307 e. The number of carbonyl (C=O) groups is 2. The minimum Gasteiger partial charge on any atom is -0.496 e. The number of hydrogen-bond donors (Lipinski definition) is 1. The molecule has 0 bridgehead atoms. The third kappa shape index (κ3) is 3.98. The van der Waals surface area contributed by atoms with Crippen molar-refractivity contribution in [3.63, 3.8) is 0 Å². The van der Waals surface area contributed by atoms with Crippen molar-refractivity contribution in [1.82, 2.24) is 0 Å². The van der Waals surface area contributed by atoms with Crippen molar-refractivity contribution < 1.29 is 19.4 Å². The highest BCUT2D eigenvalue weighted by Gasteiger charge is 2.11. The summed E-state index contributed by atoms with van der Waals surface area (Å²) in [6.07, 6.45) is 3.06. The van der Waals surface area contributed by atoms with Gasteiger partial charge in [0.2, 0.25) is 0 Å². The number of fused-ring (bicyclic) bond motifs is 1. The van der Waals surface area contributed by atoms with Crippen LogP contribution in [-0.2, 0) is 11.2 Å². The standard InChI is InChI=1S/C22H18O4/c1-26-21-11-9-18(13-19(21)14-22(24)25)20(23)10-7-15-6-8-16-4-2-3-5-17(16)12-15/h2-13H,14H2,1H3,(H,24,25)/b10-7+. The van der Waals surface area contributed by atoms with Gasteiger partial charge in [-0.25, -0.2) is 0 Å². The molecule has 0 heterocycles. The second-order valence-electron chi connectivity index (χ2n) is 5.90. The van der Waals surface area contributed by atoms with Crippen molar-refractivity contribution >= 4 is 28.6 Å². The van der Waals surface area contributed by atoms with Crippen LogP contribution in [0.5, 0.6) is 5.75 Å². The van der Waals surface area contributed by atoms with E-state index in [1.54, 1.807) is 24.3 Å². The fourth-order valence-corrected chi connectivity index (χ4v) is 2.81. The molecule has 26 heavy (non-hydrogen) atoms. The van der Waals surface area contributed by atoms with Gasteiger partial charge in [0.25, 0.3) is 0 Å². The molecule has 0 radical (unpaired) electrons. The second-order valence-corrected chi connectivity index (χ2v) is 5.90. The van der Waals surface area contributed by atoms with Gasteiger partial charge in [-0.15, -0.1) is 0 Å². The van der Waals surface area contributed by atoms with Gasteiger partial charge in [-0.1, -0.05) is 42.5 Å². The molecule has 0 saturated carbocycles. The van der Waals surface area contributed by atoms with E-state index in [1.165, 1.54) is 13.2 Å². The van der Waals surface area contributed by atoms with Crippen LogP contribution in [0.2, 0.25) is 0 Å². The molecule has 0 aliphatic rings. The number of benzene rings is 3. The summed E-state index contributed by atoms with van der Waals surface area (Å²) in [5.41, 5.74) is 1.83. The van der Waals surface area contributed by atoms with Crippen LogP contribution in [0.15, 0.2) is 66.7 Å². The smallest absolute Gasteiger partial charge is 0.307 e. The van der Waals surface area contributed by atoms with Crippen LogP contribution in [0, 0.1) is 0 Å². The Labute approximate surface area is 151 Å². The lowest BCUT2D eigenvalue weighted by atomic mass is 10.0. The van der Waals surface area contributed by atoms with Gasteiger partial charge in [-0.3, -0.25) is 9.59 Å². The van der Waals surface area contributed by atoms with Crippen molar-refractivity contribution in [2.24, 2.45) is 0 Å². The van der Waals surface area contributed by atoms with E-state index in [-0.39, 0.29) is 12.2 Å². The number of rotatable bonds is 6. The van der Waals surface area contributed by atoms with Crippen LogP contribution in [0.1, 0.15) is 21.5 Å². The molecule has 3 aromatic rings. The molecule has 4 nitrogen and oxygen atoms in total. The molecule has 1 N–H and O–H groups in total. The first-order chi connectivity index (χ1) is 12.6. The monoisotopic (exact) mass is 346 g/mol. The summed E-state index contributed by atoms with van der Waals surface area (Å²) in [7, 11) is 1.47. The molecule has 0 aromatic heterocycles. The average Bonchev–Trinajstić information content (AvgIpc) is 2.65. The quantitative estimate of drug-likeness (QED) is 0.532.